The summed E-state index contributed by atoms with van der Waals surface area (Å²) in [5.74, 6) is 0. The fraction of sp³-hybridized carbons (Fsp3) is 0.350. The van der Waals surface area contributed by atoms with E-state index in [4.69, 9.17) is 0 Å². The maximum atomic E-state index is 12.8. The van der Waals surface area contributed by atoms with Crippen molar-refractivity contribution in [3.05, 3.63) is 59.7 Å². The summed E-state index contributed by atoms with van der Waals surface area (Å²) in [6, 6.07) is 15.3. The van der Waals surface area contributed by atoms with Crippen molar-refractivity contribution in [2.45, 2.75) is 19.4 Å². The van der Waals surface area contributed by atoms with Crippen molar-refractivity contribution in [3.8, 4) is 0 Å². The van der Waals surface area contributed by atoms with E-state index in [2.05, 4.69) is 23.2 Å². The predicted octanol–water partition coefficient (Wildman–Crippen LogP) is 3.27. The molecule has 1 unspecified atom stereocenters. The molecule has 1 aliphatic rings. The summed E-state index contributed by atoms with van der Waals surface area (Å²) in [7, 11) is 2.02. The highest BCUT2D eigenvalue weighted by Gasteiger charge is 2.30. The first-order valence-electron chi connectivity index (χ1n) is 8.71. The molecule has 2 amide bonds. The minimum Gasteiger partial charge on any atom is -0.394 e. The molecule has 0 saturated heterocycles. The number of rotatable bonds is 4. The molecule has 25 heavy (non-hydrogen) atoms. The Hall–Kier alpha value is -2.53. The Labute approximate surface area is 148 Å². The molecule has 0 saturated carbocycles. The van der Waals surface area contributed by atoms with Crippen LogP contribution in [0.4, 0.5) is 16.2 Å². The maximum Gasteiger partial charge on any atom is 0.322 e. The number of fused-ring (bicyclic) bond motifs is 1. The normalized spacial score (nSPS) is 16.3. The van der Waals surface area contributed by atoms with Crippen LogP contribution in [0.2, 0.25) is 0 Å². The SMILES string of the molecule is CCN(C)c1cccc(NC(=O)N2CCc3ccccc3C2CO)c1. The number of benzene rings is 2. The van der Waals surface area contributed by atoms with Crippen LogP contribution in [0.5, 0.6) is 0 Å². The van der Waals surface area contributed by atoms with Crippen LogP contribution in [-0.4, -0.2) is 42.8 Å². The van der Waals surface area contributed by atoms with Crippen LogP contribution in [0.1, 0.15) is 24.1 Å². The zero-order valence-electron chi connectivity index (χ0n) is 14.8. The minimum absolute atomic E-state index is 0.0803. The molecule has 3 rings (SSSR count). The van der Waals surface area contributed by atoms with Crippen molar-refractivity contribution in [3.63, 3.8) is 0 Å². The number of amides is 2. The lowest BCUT2D eigenvalue weighted by Gasteiger charge is -2.36. The molecule has 1 heterocycles. The molecule has 2 aromatic carbocycles. The van der Waals surface area contributed by atoms with Gasteiger partial charge < -0.3 is 20.2 Å². The summed E-state index contributed by atoms with van der Waals surface area (Å²) in [5, 5.41) is 12.8. The average Bonchev–Trinajstić information content (AvgIpc) is 2.66. The summed E-state index contributed by atoms with van der Waals surface area (Å²) < 4.78 is 0. The van der Waals surface area contributed by atoms with E-state index in [-0.39, 0.29) is 18.7 Å². The summed E-state index contributed by atoms with van der Waals surface area (Å²) in [6.45, 7) is 3.50. The highest BCUT2D eigenvalue weighted by Crippen LogP contribution is 2.30. The fourth-order valence-electron chi connectivity index (χ4n) is 3.29. The molecule has 0 spiro atoms. The number of carbonyl (C=O) groups excluding carboxylic acids is 1. The highest BCUT2D eigenvalue weighted by molar-refractivity contribution is 5.90. The van der Waals surface area contributed by atoms with Gasteiger partial charge in [0.1, 0.15) is 0 Å². The second kappa shape index (κ2) is 7.57. The monoisotopic (exact) mass is 339 g/mol. The lowest BCUT2D eigenvalue weighted by atomic mass is 9.93. The Morgan fingerprint density at radius 1 is 1.28 bits per heavy atom. The Kier molecular flexibility index (Phi) is 5.24. The van der Waals surface area contributed by atoms with Crippen molar-refractivity contribution >= 4 is 17.4 Å². The van der Waals surface area contributed by atoms with Gasteiger partial charge in [0, 0.05) is 31.5 Å². The molecule has 2 aromatic rings. The molecular formula is C20H25N3O2. The van der Waals surface area contributed by atoms with Crippen LogP contribution >= 0.6 is 0 Å². The van der Waals surface area contributed by atoms with E-state index < -0.39 is 0 Å². The molecule has 0 aliphatic carbocycles. The van der Waals surface area contributed by atoms with Crippen LogP contribution in [0, 0.1) is 0 Å². The second-order valence-corrected chi connectivity index (χ2v) is 6.34. The number of nitrogens with zero attached hydrogens (tertiary/aromatic N) is 2. The van der Waals surface area contributed by atoms with Crippen molar-refractivity contribution < 1.29 is 9.90 Å². The quantitative estimate of drug-likeness (QED) is 0.899. The van der Waals surface area contributed by atoms with Gasteiger partial charge in [0.2, 0.25) is 0 Å². The van der Waals surface area contributed by atoms with Crippen molar-refractivity contribution in [2.75, 3.05) is 37.0 Å². The molecule has 1 aliphatic heterocycles. The third kappa shape index (κ3) is 3.61. The van der Waals surface area contributed by atoms with Gasteiger partial charge in [-0.25, -0.2) is 4.79 Å². The Morgan fingerprint density at radius 3 is 2.84 bits per heavy atom. The summed E-state index contributed by atoms with van der Waals surface area (Å²) in [6.07, 6.45) is 0.804. The lowest BCUT2D eigenvalue weighted by Crippen LogP contribution is -2.43. The third-order valence-corrected chi connectivity index (χ3v) is 4.86. The number of aliphatic hydroxyl groups is 1. The number of anilines is 2. The summed E-state index contributed by atoms with van der Waals surface area (Å²) in [4.78, 5) is 16.6. The van der Waals surface area contributed by atoms with Gasteiger partial charge in [-0.15, -0.1) is 0 Å². The van der Waals surface area contributed by atoms with Gasteiger partial charge in [-0.1, -0.05) is 30.3 Å². The second-order valence-electron chi connectivity index (χ2n) is 6.34. The number of carbonyl (C=O) groups is 1. The van der Waals surface area contributed by atoms with E-state index >= 15 is 0 Å². The third-order valence-electron chi connectivity index (χ3n) is 4.86. The molecule has 1 atom stereocenters. The smallest absolute Gasteiger partial charge is 0.322 e. The zero-order valence-corrected chi connectivity index (χ0v) is 14.8. The highest BCUT2D eigenvalue weighted by atomic mass is 16.3. The van der Waals surface area contributed by atoms with E-state index in [1.807, 2.05) is 49.5 Å². The van der Waals surface area contributed by atoms with Crippen LogP contribution in [0.25, 0.3) is 0 Å². The van der Waals surface area contributed by atoms with Gasteiger partial charge in [0.15, 0.2) is 0 Å². The van der Waals surface area contributed by atoms with Crippen molar-refractivity contribution in [2.24, 2.45) is 0 Å². The van der Waals surface area contributed by atoms with Gasteiger partial charge >= 0.3 is 6.03 Å². The lowest BCUT2D eigenvalue weighted by molar-refractivity contribution is 0.135. The molecule has 5 heteroatoms. The Balaban J connectivity index is 1.77. The van der Waals surface area contributed by atoms with Gasteiger partial charge in [-0.3, -0.25) is 0 Å². The van der Waals surface area contributed by atoms with Crippen molar-refractivity contribution in [1.29, 1.82) is 0 Å². The minimum atomic E-state index is -0.300. The molecule has 132 valence electrons. The van der Waals surface area contributed by atoms with Crippen LogP contribution in [0.3, 0.4) is 0 Å². The number of hydrogen-bond donors (Lipinski definition) is 2. The van der Waals surface area contributed by atoms with E-state index in [1.54, 1.807) is 4.90 Å². The number of hydrogen-bond acceptors (Lipinski definition) is 3. The van der Waals surface area contributed by atoms with E-state index in [0.717, 1.165) is 29.9 Å². The molecule has 2 N–H and O–H groups in total. The number of nitrogens with one attached hydrogen (secondary N) is 1. The van der Waals surface area contributed by atoms with E-state index in [0.29, 0.717) is 6.54 Å². The number of aliphatic hydroxyl groups excluding tert-OH is 1. The first-order valence-corrected chi connectivity index (χ1v) is 8.71. The standard InChI is InChI=1S/C20H25N3O2/c1-3-22(2)17-9-6-8-16(13-17)21-20(25)23-12-11-15-7-4-5-10-18(15)19(23)14-24/h4-10,13,19,24H,3,11-12,14H2,1-2H3,(H,21,25). The van der Waals surface area contributed by atoms with Gasteiger partial charge in [0.25, 0.3) is 0 Å². The molecule has 0 aromatic heterocycles. The maximum absolute atomic E-state index is 12.8. The topological polar surface area (TPSA) is 55.8 Å². The Bertz CT molecular complexity index is 747. The molecule has 0 radical (unpaired) electrons. The summed E-state index contributed by atoms with van der Waals surface area (Å²) in [5.41, 5.74) is 4.06. The molecule has 0 fully saturated rings. The van der Waals surface area contributed by atoms with E-state index in [9.17, 15) is 9.90 Å². The van der Waals surface area contributed by atoms with Crippen molar-refractivity contribution in [1.82, 2.24) is 4.90 Å². The zero-order chi connectivity index (χ0) is 17.8. The van der Waals surface area contributed by atoms with Crippen LogP contribution in [0.15, 0.2) is 48.5 Å². The molecule has 5 nitrogen and oxygen atoms in total. The Morgan fingerprint density at radius 2 is 2.08 bits per heavy atom. The largest absolute Gasteiger partial charge is 0.394 e. The first kappa shape index (κ1) is 17.3. The summed E-state index contributed by atoms with van der Waals surface area (Å²) >= 11 is 0. The van der Waals surface area contributed by atoms with Gasteiger partial charge in [-0.2, -0.15) is 0 Å². The molecule has 0 bridgehead atoms. The van der Waals surface area contributed by atoms with Crippen LogP contribution in [-0.2, 0) is 6.42 Å². The number of urea groups is 1. The molecular weight excluding hydrogens is 314 g/mol. The van der Waals surface area contributed by atoms with Crippen LogP contribution < -0.4 is 10.2 Å². The first-order chi connectivity index (χ1) is 12.1. The van der Waals surface area contributed by atoms with Gasteiger partial charge in [-0.05, 0) is 42.7 Å². The average molecular weight is 339 g/mol. The van der Waals surface area contributed by atoms with Gasteiger partial charge in [0.05, 0.1) is 12.6 Å². The van der Waals surface area contributed by atoms with E-state index in [1.165, 1.54) is 5.56 Å². The predicted molar refractivity (Wildman–Crippen MR) is 101 cm³/mol. The fourth-order valence-corrected chi connectivity index (χ4v) is 3.29.